The van der Waals surface area contributed by atoms with Crippen LogP contribution in [0.1, 0.15) is 11.7 Å². The molecule has 6 heteroatoms. The lowest BCUT2D eigenvalue weighted by Crippen LogP contribution is -2.31. The Balaban J connectivity index is 2.57. The van der Waals surface area contributed by atoms with E-state index < -0.39 is 6.10 Å². The highest BCUT2D eigenvalue weighted by Crippen LogP contribution is 2.23. The number of hydrogen-bond acceptors (Lipinski definition) is 3. The van der Waals surface area contributed by atoms with Gasteiger partial charge in [-0.1, -0.05) is 23.2 Å². The Morgan fingerprint density at radius 1 is 1.41 bits per heavy atom. The monoisotopic (exact) mass is 277 g/mol. The summed E-state index contributed by atoms with van der Waals surface area (Å²) in [6.45, 7) is 0.0435. The summed E-state index contributed by atoms with van der Waals surface area (Å²) in [5.41, 5.74) is 0.556. The molecule has 4 nitrogen and oxygen atoms in total. The molecule has 0 heterocycles. The number of hydrogen-bond donors (Lipinski definition) is 2. The van der Waals surface area contributed by atoms with E-state index in [2.05, 4.69) is 10.1 Å². The second-order valence-electron chi connectivity index (χ2n) is 3.46. The van der Waals surface area contributed by atoms with Crippen molar-refractivity contribution in [3.05, 3.63) is 33.8 Å². The standard InChI is InChI=1S/C11H13Cl2NO3/c1-17-6-11(16)14-5-10(15)7-2-8(12)4-9(13)3-7/h2-4,10,15H,5-6H2,1H3,(H,14,16)/t10-/m0/s1. The Labute approximate surface area is 109 Å². The molecule has 1 amide bonds. The van der Waals surface area contributed by atoms with E-state index >= 15 is 0 Å². The van der Waals surface area contributed by atoms with Crippen LogP contribution in [-0.2, 0) is 9.53 Å². The summed E-state index contributed by atoms with van der Waals surface area (Å²) in [6.07, 6.45) is -0.855. The minimum Gasteiger partial charge on any atom is -0.387 e. The number of halogens is 2. The average molecular weight is 278 g/mol. The first-order valence-electron chi connectivity index (χ1n) is 4.92. The van der Waals surface area contributed by atoms with Crippen LogP contribution < -0.4 is 5.32 Å². The topological polar surface area (TPSA) is 58.6 Å². The quantitative estimate of drug-likeness (QED) is 0.863. The molecule has 1 aromatic carbocycles. The molecule has 1 rings (SSSR count). The Hall–Kier alpha value is -0.810. The highest BCUT2D eigenvalue weighted by Gasteiger charge is 2.10. The molecule has 0 saturated carbocycles. The minimum atomic E-state index is -0.855. The molecule has 0 spiro atoms. The van der Waals surface area contributed by atoms with Gasteiger partial charge in [0.25, 0.3) is 0 Å². The molecule has 0 aromatic heterocycles. The van der Waals surface area contributed by atoms with Gasteiger partial charge < -0.3 is 15.2 Å². The molecule has 1 atom stereocenters. The number of rotatable bonds is 5. The zero-order valence-corrected chi connectivity index (χ0v) is 10.8. The van der Waals surface area contributed by atoms with Crippen molar-refractivity contribution in [2.24, 2.45) is 0 Å². The van der Waals surface area contributed by atoms with E-state index in [1.165, 1.54) is 7.11 Å². The number of methoxy groups -OCH3 is 1. The fraction of sp³-hybridized carbons (Fsp3) is 0.364. The summed E-state index contributed by atoms with van der Waals surface area (Å²) in [4.78, 5) is 11.1. The molecular weight excluding hydrogens is 265 g/mol. The summed E-state index contributed by atoms with van der Waals surface area (Å²) in [5, 5.41) is 13.2. The molecule has 0 radical (unpaired) electrons. The van der Waals surface area contributed by atoms with Crippen molar-refractivity contribution in [2.75, 3.05) is 20.3 Å². The normalized spacial score (nSPS) is 12.2. The lowest BCUT2D eigenvalue weighted by Gasteiger charge is -2.12. The van der Waals surface area contributed by atoms with Crippen LogP contribution in [0.25, 0.3) is 0 Å². The van der Waals surface area contributed by atoms with Crippen molar-refractivity contribution in [1.29, 1.82) is 0 Å². The van der Waals surface area contributed by atoms with Crippen LogP contribution in [0.15, 0.2) is 18.2 Å². The molecule has 0 fully saturated rings. The highest BCUT2D eigenvalue weighted by atomic mass is 35.5. The van der Waals surface area contributed by atoms with Crippen molar-refractivity contribution in [3.8, 4) is 0 Å². The largest absolute Gasteiger partial charge is 0.387 e. The Morgan fingerprint density at radius 2 is 2.00 bits per heavy atom. The van der Waals surface area contributed by atoms with Crippen molar-refractivity contribution in [2.45, 2.75) is 6.10 Å². The first kappa shape index (κ1) is 14.3. The summed E-state index contributed by atoms with van der Waals surface area (Å²) in [5.74, 6) is -0.292. The molecular formula is C11H13Cl2NO3. The van der Waals surface area contributed by atoms with E-state index in [0.717, 1.165) is 0 Å². The molecule has 0 bridgehead atoms. The molecule has 94 valence electrons. The van der Waals surface area contributed by atoms with Crippen LogP contribution in [0, 0.1) is 0 Å². The first-order valence-corrected chi connectivity index (χ1v) is 5.68. The van der Waals surface area contributed by atoms with E-state index in [1.807, 2.05) is 0 Å². The number of carbonyl (C=O) groups excluding carboxylic acids is 1. The van der Waals surface area contributed by atoms with Crippen LogP contribution in [0.4, 0.5) is 0 Å². The molecule has 0 aliphatic rings. The average Bonchev–Trinajstić information content (AvgIpc) is 2.25. The van der Waals surface area contributed by atoms with Gasteiger partial charge in [-0.25, -0.2) is 0 Å². The van der Waals surface area contributed by atoms with Gasteiger partial charge in [0, 0.05) is 23.7 Å². The Bertz CT molecular complexity index is 378. The number of nitrogens with one attached hydrogen (secondary N) is 1. The fourth-order valence-electron chi connectivity index (χ4n) is 1.28. The zero-order chi connectivity index (χ0) is 12.8. The zero-order valence-electron chi connectivity index (χ0n) is 9.24. The molecule has 0 aliphatic carbocycles. The van der Waals surface area contributed by atoms with E-state index in [-0.39, 0.29) is 19.1 Å². The first-order chi connectivity index (χ1) is 8.02. The van der Waals surface area contributed by atoms with Gasteiger partial charge in [0.2, 0.25) is 5.91 Å². The van der Waals surface area contributed by atoms with E-state index in [0.29, 0.717) is 15.6 Å². The maximum Gasteiger partial charge on any atom is 0.246 e. The number of ether oxygens (including phenoxy) is 1. The van der Waals surface area contributed by atoms with Gasteiger partial charge in [-0.2, -0.15) is 0 Å². The lowest BCUT2D eigenvalue weighted by molar-refractivity contribution is -0.125. The predicted octanol–water partition coefficient (Wildman–Crippen LogP) is 1.79. The second kappa shape index (κ2) is 6.81. The van der Waals surface area contributed by atoms with Crippen LogP contribution in [0.5, 0.6) is 0 Å². The summed E-state index contributed by atoms with van der Waals surface area (Å²) in [7, 11) is 1.42. The molecule has 0 aliphatic heterocycles. The number of aliphatic hydroxyl groups excluding tert-OH is 1. The third-order valence-corrected chi connectivity index (χ3v) is 2.47. The fourth-order valence-corrected chi connectivity index (χ4v) is 1.82. The maximum absolute atomic E-state index is 11.1. The molecule has 17 heavy (non-hydrogen) atoms. The van der Waals surface area contributed by atoms with Crippen molar-refractivity contribution >= 4 is 29.1 Å². The molecule has 0 saturated heterocycles. The van der Waals surface area contributed by atoms with E-state index in [4.69, 9.17) is 23.2 Å². The summed E-state index contributed by atoms with van der Waals surface area (Å²) >= 11 is 11.6. The minimum absolute atomic E-state index is 0.0387. The van der Waals surface area contributed by atoms with Crippen LogP contribution in [0.3, 0.4) is 0 Å². The summed E-state index contributed by atoms with van der Waals surface area (Å²) < 4.78 is 4.64. The van der Waals surface area contributed by atoms with Crippen LogP contribution in [0.2, 0.25) is 10.0 Å². The number of amides is 1. The Kier molecular flexibility index (Phi) is 5.71. The number of aliphatic hydroxyl groups is 1. The van der Waals surface area contributed by atoms with Gasteiger partial charge in [0.15, 0.2) is 0 Å². The van der Waals surface area contributed by atoms with Gasteiger partial charge in [-0.3, -0.25) is 4.79 Å². The molecule has 0 unspecified atom stereocenters. The van der Waals surface area contributed by atoms with Gasteiger partial charge in [-0.15, -0.1) is 0 Å². The van der Waals surface area contributed by atoms with E-state index in [1.54, 1.807) is 18.2 Å². The van der Waals surface area contributed by atoms with Gasteiger partial charge >= 0.3 is 0 Å². The highest BCUT2D eigenvalue weighted by molar-refractivity contribution is 6.34. The smallest absolute Gasteiger partial charge is 0.246 e. The van der Waals surface area contributed by atoms with Crippen molar-refractivity contribution in [1.82, 2.24) is 5.32 Å². The van der Waals surface area contributed by atoms with Crippen LogP contribution >= 0.6 is 23.2 Å². The maximum atomic E-state index is 11.1. The number of carbonyl (C=O) groups is 1. The SMILES string of the molecule is COCC(=O)NC[C@H](O)c1cc(Cl)cc(Cl)c1. The molecule has 2 N–H and O–H groups in total. The third kappa shape index (κ3) is 4.91. The van der Waals surface area contributed by atoms with Crippen molar-refractivity contribution < 1.29 is 14.6 Å². The van der Waals surface area contributed by atoms with Gasteiger partial charge in [0.05, 0.1) is 6.10 Å². The number of benzene rings is 1. The summed E-state index contributed by atoms with van der Waals surface area (Å²) in [6, 6.07) is 4.77. The van der Waals surface area contributed by atoms with Crippen LogP contribution in [-0.4, -0.2) is 31.3 Å². The van der Waals surface area contributed by atoms with E-state index in [9.17, 15) is 9.90 Å². The van der Waals surface area contributed by atoms with Crippen molar-refractivity contribution in [3.63, 3.8) is 0 Å². The molecule has 1 aromatic rings. The third-order valence-electron chi connectivity index (χ3n) is 2.04. The second-order valence-corrected chi connectivity index (χ2v) is 4.33. The van der Waals surface area contributed by atoms with Gasteiger partial charge in [-0.05, 0) is 23.8 Å². The Morgan fingerprint density at radius 3 is 2.53 bits per heavy atom. The van der Waals surface area contributed by atoms with Gasteiger partial charge in [0.1, 0.15) is 6.61 Å². The predicted molar refractivity (Wildman–Crippen MR) is 66.3 cm³/mol. The lowest BCUT2D eigenvalue weighted by atomic mass is 10.1.